The van der Waals surface area contributed by atoms with Crippen LogP contribution in [0.3, 0.4) is 0 Å². The highest BCUT2D eigenvalue weighted by molar-refractivity contribution is 5.89. The minimum atomic E-state index is -0.229. The van der Waals surface area contributed by atoms with E-state index in [2.05, 4.69) is 41.0 Å². The second-order valence-corrected chi connectivity index (χ2v) is 6.62. The van der Waals surface area contributed by atoms with Gasteiger partial charge in [0.15, 0.2) is 5.82 Å². The summed E-state index contributed by atoms with van der Waals surface area (Å²) < 4.78 is 1.63. The maximum absolute atomic E-state index is 12.4. The maximum Gasteiger partial charge on any atom is 0.319 e. The number of aromatic nitrogens is 6. The van der Waals surface area contributed by atoms with Crippen LogP contribution in [0.2, 0.25) is 0 Å². The average Bonchev–Trinajstić information content (AvgIpc) is 3.15. The van der Waals surface area contributed by atoms with Gasteiger partial charge in [-0.05, 0) is 60.5 Å². The number of carbonyl (C=O) groups excluding carboxylic acids is 1. The molecule has 144 valence electrons. The molecule has 0 saturated carbocycles. The Morgan fingerprint density at radius 3 is 2.68 bits per heavy atom. The summed E-state index contributed by atoms with van der Waals surface area (Å²) in [6.45, 7) is 3.41. The number of aryl methyl sites for hydroxylation is 1. The summed E-state index contributed by atoms with van der Waals surface area (Å²) in [6, 6.07) is 8.96. The summed E-state index contributed by atoms with van der Waals surface area (Å²) in [6.07, 6.45) is 5.36. The third-order valence-corrected chi connectivity index (χ3v) is 4.59. The highest BCUT2D eigenvalue weighted by Crippen LogP contribution is 2.16. The fraction of sp³-hybridized carbons (Fsp3) is 0.333. The summed E-state index contributed by atoms with van der Waals surface area (Å²) >= 11 is 0. The Labute approximate surface area is 162 Å². The molecule has 0 spiro atoms. The molecule has 3 aromatic rings. The van der Waals surface area contributed by atoms with Crippen molar-refractivity contribution < 1.29 is 4.79 Å². The monoisotopic (exact) mass is 379 g/mol. The molecule has 2 amide bonds. The van der Waals surface area contributed by atoms with Crippen molar-refractivity contribution >= 4 is 17.7 Å². The Morgan fingerprint density at radius 1 is 1.18 bits per heavy atom. The highest BCUT2D eigenvalue weighted by atomic mass is 16.2. The molecule has 28 heavy (non-hydrogen) atoms. The van der Waals surface area contributed by atoms with Crippen molar-refractivity contribution in [1.29, 1.82) is 0 Å². The van der Waals surface area contributed by atoms with Crippen LogP contribution in [0.15, 0.2) is 42.7 Å². The van der Waals surface area contributed by atoms with E-state index in [0.29, 0.717) is 24.0 Å². The Kier molecular flexibility index (Phi) is 5.09. The van der Waals surface area contributed by atoms with Crippen LogP contribution >= 0.6 is 0 Å². The summed E-state index contributed by atoms with van der Waals surface area (Å²) in [7, 11) is 0. The van der Waals surface area contributed by atoms with Crippen LogP contribution in [0.5, 0.6) is 0 Å². The molecule has 0 bridgehead atoms. The third kappa shape index (κ3) is 4.05. The summed E-state index contributed by atoms with van der Waals surface area (Å²) in [5.74, 6) is 1.39. The van der Waals surface area contributed by atoms with Gasteiger partial charge in [0.25, 0.3) is 0 Å². The summed E-state index contributed by atoms with van der Waals surface area (Å²) in [5, 5.41) is 17.3. The predicted molar refractivity (Wildman–Crippen MR) is 103 cm³/mol. The second kappa shape index (κ2) is 7.99. The number of amides is 2. The molecule has 0 aliphatic carbocycles. The normalized spacial score (nSPS) is 16.6. The smallest absolute Gasteiger partial charge is 0.319 e. The quantitative estimate of drug-likeness (QED) is 0.707. The molecule has 3 heterocycles. The van der Waals surface area contributed by atoms with Crippen LogP contribution < -0.4 is 15.5 Å². The summed E-state index contributed by atoms with van der Waals surface area (Å²) in [4.78, 5) is 23.1. The van der Waals surface area contributed by atoms with Gasteiger partial charge in [0.1, 0.15) is 0 Å². The van der Waals surface area contributed by atoms with Crippen molar-refractivity contribution in [3.8, 4) is 5.69 Å². The lowest BCUT2D eigenvalue weighted by atomic mass is 10.1. The zero-order chi connectivity index (χ0) is 19.3. The molecule has 1 aliphatic heterocycles. The molecule has 0 radical (unpaired) electrons. The van der Waals surface area contributed by atoms with Crippen LogP contribution in [-0.4, -0.2) is 55.3 Å². The van der Waals surface area contributed by atoms with E-state index in [1.807, 2.05) is 31.2 Å². The first-order chi connectivity index (χ1) is 13.7. The molecule has 1 atom stereocenters. The van der Waals surface area contributed by atoms with Crippen molar-refractivity contribution in [2.45, 2.75) is 25.8 Å². The molecule has 4 rings (SSSR count). The van der Waals surface area contributed by atoms with Crippen molar-refractivity contribution in [2.75, 3.05) is 23.3 Å². The molecule has 2 N–H and O–H groups in total. The van der Waals surface area contributed by atoms with Crippen LogP contribution in [0.25, 0.3) is 5.69 Å². The minimum Gasteiger partial charge on any atom is -0.339 e. The molecular weight excluding hydrogens is 358 g/mol. The van der Waals surface area contributed by atoms with Gasteiger partial charge < -0.3 is 15.5 Å². The highest BCUT2D eigenvalue weighted by Gasteiger charge is 2.23. The Hall–Kier alpha value is -3.56. The number of benzene rings is 1. The number of hydrogen-bond acceptors (Lipinski definition) is 7. The fourth-order valence-electron chi connectivity index (χ4n) is 3.24. The van der Waals surface area contributed by atoms with E-state index in [-0.39, 0.29) is 12.1 Å². The lowest BCUT2D eigenvalue weighted by Crippen LogP contribution is -2.49. The Balaban J connectivity index is 1.33. The fourth-order valence-corrected chi connectivity index (χ4v) is 3.24. The number of piperidine rings is 1. The minimum absolute atomic E-state index is 0.0423. The van der Waals surface area contributed by atoms with Gasteiger partial charge in [0.05, 0.1) is 5.69 Å². The number of nitrogens with zero attached hydrogens (tertiary/aromatic N) is 7. The molecule has 0 unspecified atom stereocenters. The zero-order valence-electron chi connectivity index (χ0n) is 15.5. The van der Waals surface area contributed by atoms with Crippen molar-refractivity contribution in [3.63, 3.8) is 0 Å². The molecular formula is C18H21N9O. The molecule has 2 aromatic heterocycles. The van der Waals surface area contributed by atoms with Crippen molar-refractivity contribution in [1.82, 2.24) is 35.5 Å². The van der Waals surface area contributed by atoms with Crippen LogP contribution in [-0.2, 0) is 0 Å². The maximum atomic E-state index is 12.4. The number of carbonyl (C=O) groups is 1. The molecule has 10 heteroatoms. The number of urea groups is 1. The first-order valence-electron chi connectivity index (χ1n) is 9.14. The number of tetrazole rings is 1. The molecule has 1 aromatic carbocycles. The second-order valence-electron chi connectivity index (χ2n) is 6.62. The van der Waals surface area contributed by atoms with Gasteiger partial charge in [-0.1, -0.05) is 0 Å². The van der Waals surface area contributed by atoms with Gasteiger partial charge in [0, 0.05) is 37.2 Å². The number of rotatable bonds is 4. The first-order valence-corrected chi connectivity index (χ1v) is 9.14. The molecule has 1 aliphatic rings. The average molecular weight is 379 g/mol. The van der Waals surface area contributed by atoms with E-state index >= 15 is 0 Å². The van der Waals surface area contributed by atoms with Gasteiger partial charge in [-0.2, -0.15) is 4.68 Å². The number of hydrogen-bond donors (Lipinski definition) is 2. The Bertz CT molecular complexity index is 926. The van der Waals surface area contributed by atoms with Gasteiger partial charge in [-0.25, -0.2) is 14.8 Å². The van der Waals surface area contributed by atoms with Gasteiger partial charge in [0.2, 0.25) is 5.95 Å². The van der Waals surface area contributed by atoms with E-state index in [4.69, 9.17) is 0 Å². The Morgan fingerprint density at radius 2 is 1.96 bits per heavy atom. The molecule has 1 saturated heterocycles. The number of anilines is 2. The lowest BCUT2D eigenvalue weighted by Gasteiger charge is -2.33. The van der Waals surface area contributed by atoms with Crippen molar-refractivity contribution in [2.24, 2.45) is 0 Å². The van der Waals surface area contributed by atoms with Crippen LogP contribution in [0.4, 0.5) is 16.4 Å². The predicted octanol–water partition coefficient (Wildman–Crippen LogP) is 1.55. The van der Waals surface area contributed by atoms with E-state index in [9.17, 15) is 4.79 Å². The topological polar surface area (TPSA) is 114 Å². The van der Waals surface area contributed by atoms with Crippen molar-refractivity contribution in [3.05, 3.63) is 48.5 Å². The zero-order valence-corrected chi connectivity index (χ0v) is 15.5. The van der Waals surface area contributed by atoms with E-state index in [1.54, 1.807) is 23.1 Å². The van der Waals surface area contributed by atoms with Crippen LogP contribution in [0.1, 0.15) is 18.7 Å². The lowest BCUT2D eigenvalue weighted by molar-refractivity contribution is 0.246. The molecule has 1 fully saturated rings. The largest absolute Gasteiger partial charge is 0.339 e. The van der Waals surface area contributed by atoms with Gasteiger partial charge in [-0.15, -0.1) is 5.10 Å². The third-order valence-electron chi connectivity index (χ3n) is 4.59. The van der Waals surface area contributed by atoms with E-state index in [1.165, 1.54) is 0 Å². The first kappa shape index (κ1) is 17.8. The number of nitrogens with one attached hydrogen (secondary N) is 2. The van der Waals surface area contributed by atoms with Gasteiger partial charge in [-0.3, -0.25) is 0 Å². The summed E-state index contributed by atoms with van der Waals surface area (Å²) in [5.41, 5.74) is 1.53. The van der Waals surface area contributed by atoms with E-state index in [0.717, 1.165) is 25.1 Å². The standard InChI is InChI=1S/C18H21N9O/c1-13-23-24-25-27(13)16-7-5-14(6-8-16)21-18(28)22-15-4-2-11-26(12-15)17-19-9-3-10-20-17/h3,5-10,15H,2,4,11-12H2,1H3,(H2,21,22,28)/t15-/m1/s1. The van der Waals surface area contributed by atoms with E-state index < -0.39 is 0 Å². The van der Waals surface area contributed by atoms with Gasteiger partial charge >= 0.3 is 6.03 Å². The molecule has 10 nitrogen and oxygen atoms in total. The SMILES string of the molecule is Cc1nnnn1-c1ccc(NC(=O)N[C@@H]2CCCN(c3ncccn3)C2)cc1. The van der Waals surface area contributed by atoms with Crippen LogP contribution in [0, 0.1) is 6.92 Å².